The SMILES string of the molecule is Cc1ccc(C(=O)N/C(=C/c2ccc3c(c2)OCO3)C(=O)N2CCCCC2)cc1. The number of ether oxygens (including phenoxy) is 2. The van der Waals surface area contributed by atoms with Crippen LogP contribution >= 0.6 is 0 Å². The molecule has 2 aromatic rings. The molecule has 0 aliphatic carbocycles. The third-order valence-corrected chi connectivity index (χ3v) is 5.14. The van der Waals surface area contributed by atoms with Gasteiger partial charge >= 0.3 is 0 Å². The van der Waals surface area contributed by atoms with E-state index in [0.29, 0.717) is 30.2 Å². The highest BCUT2D eigenvalue weighted by Crippen LogP contribution is 2.33. The number of nitrogens with zero attached hydrogens (tertiary/aromatic N) is 1. The summed E-state index contributed by atoms with van der Waals surface area (Å²) >= 11 is 0. The van der Waals surface area contributed by atoms with Crippen molar-refractivity contribution >= 4 is 17.9 Å². The quantitative estimate of drug-likeness (QED) is 0.809. The minimum absolute atomic E-state index is 0.164. The molecule has 2 amide bonds. The van der Waals surface area contributed by atoms with Gasteiger partial charge in [-0.2, -0.15) is 0 Å². The Hall–Kier alpha value is -3.28. The zero-order valence-electron chi connectivity index (χ0n) is 16.4. The van der Waals surface area contributed by atoms with Crippen LogP contribution in [0.2, 0.25) is 0 Å². The summed E-state index contributed by atoms with van der Waals surface area (Å²) in [7, 11) is 0. The van der Waals surface area contributed by atoms with E-state index in [1.807, 2.05) is 31.2 Å². The number of carbonyl (C=O) groups is 2. The average molecular weight is 392 g/mol. The number of hydrogen-bond donors (Lipinski definition) is 1. The standard InChI is InChI=1S/C23H24N2O4/c1-16-5-8-18(9-6-16)22(26)24-19(23(27)25-11-3-2-4-12-25)13-17-7-10-20-21(14-17)29-15-28-20/h5-10,13-14H,2-4,11-12,15H2,1H3,(H,24,26)/b19-13+. The Balaban J connectivity index is 1.62. The summed E-state index contributed by atoms with van der Waals surface area (Å²) in [5.74, 6) is 0.841. The minimum Gasteiger partial charge on any atom is -0.454 e. The molecule has 2 aromatic carbocycles. The Labute approximate surface area is 170 Å². The number of nitrogens with one attached hydrogen (secondary N) is 1. The van der Waals surface area contributed by atoms with Crippen molar-refractivity contribution in [3.8, 4) is 11.5 Å². The molecule has 1 fully saturated rings. The molecule has 2 heterocycles. The third-order valence-electron chi connectivity index (χ3n) is 5.14. The summed E-state index contributed by atoms with van der Waals surface area (Å²) in [6, 6.07) is 12.7. The van der Waals surface area contributed by atoms with Crippen LogP contribution in [0.5, 0.6) is 11.5 Å². The molecule has 150 valence electrons. The van der Waals surface area contributed by atoms with Gasteiger partial charge in [-0.25, -0.2) is 0 Å². The lowest BCUT2D eigenvalue weighted by Crippen LogP contribution is -2.41. The second-order valence-corrected chi connectivity index (χ2v) is 7.34. The zero-order chi connectivity index (χ0) is 20.2. The highest BCUT2D eigenvalue weighted by molar-refractivity contribution is 6.05. The molecule has 6 nitrogen and oxygen atoms in total. The van der Waals surface area contributed by atoms with E-state index < -0.39 is 0 Å². The number of rotatable bonds is 4. The van der Waals surface area contributed by atoms with Crippen molar-refractivity contribution in [2.24, 2.45) is 0 Å². The van der Waals surface area contributed by atoms with E-state index in [4.69, 9.17) is 9.47 Å². The maximum atomic E-state index is 13.1. The number of carbonyl (C=O) groups excluding carboxylic acids is 2. The van der Waals surface area contributed by atoms with Crippen LogP contribution in [0.1, 0.15) is 40.7 Å². The first kappa shape index (κ1) is 19.1. The highest BCUT2D eigenvalue weighted by atomic mass is 16.7. The number of hydrogen-bond acceptors (Lipinski definition) is 4. The van der Waals surface area contributed by atoms with E-state index in [-0.39, 0.29) is 24.3 Å². The molecule has 0 atom stereocenters. The van der Waals surface area contributed by atoms with E-state index in [1.165, 1.54) is 0 Å². The summed E-state index contributed by atoms with van der Waals surface area (Å²) < 4.78 is 10.8. The monoisotopic (exact) mass is 392 g/mol. The second kappa shape index (κ2) is 8.39. The van der Waals surface area contributed by atoms with Gasteiger partial charge in [0.2, 0.25) is 6.79 Å². The van der Waals surface area contributed by atoms with E-state index in [0.717, 1.165) is 30.4 Å². The molecule has 6 heteroatoms. The van der Waals surface area contributed by atoms with Crippen molar-refractivity contribution < 1.29 is 19.1 Å². The van der Waals surface area contributed by atoms with Gasteiger partial charge in [0, 0.05) is 18.7 Å². The number of aryl methyl sites for hydroxylation is 1. The van der Waals surface area contributed by atoms with Crippen molar-refractivity contribution in [3.05, 3.63) is 64.9 Å². The van der Waals surface area contributed by atoms with Crippen LogP contribution in [0.3, 0.4) is 0 Å². The van der Waals surface area contributed by atoms with Gasteiger partial charge in [-0.1, -0.05) is 23.8 Å². The van der Waals surface area contributed by atoms with Crippen molar-refractivity contribution in [2.75, 3.05) is 19.9 Å². The lowest BCUT2D eigenvalue weighted by Gasteiger charge is -2.27. The molecule has 2 aliphatic rings. The molecule has 1 saturated heterocycles. The Kier molecular flexibility index (Phi) is 5.51. The first-order chi connectivity index (χ1) is 14.1. The molecule has 0 unspecified atom stereocenters. The molecule has 0 spiro atoms. The summed E-state index contributed by atoms with van der Waals surface area (Å²) in [5, 5.41) is 2.82. The van der Waals surface area contributed by atoms with Crippen LogP contribution in [0.15, 0.2) is 48.2 Å². The van der Waals surface area contributed by atoms with Crippen LogP contribution in [-0.2, 0) is 4.79 Å². The number of likely N-dealkylation sites (tertiary alicyclic amines) is 1. The van der Waals surface area contributed by atoms with Gasteiger partial charge in [0.25, 0.3) is 11.8 Å². The molecule has 29 heavy (non-hydrogen) atoms. The Morgan fingerprint density at radius 2 is 1.69 bits per heavy atom. The average Bonchev–Trinajstić information content (AvgIpc) is 3.21. The van der Waals surface area contributed by atoms with E-state index in [9.17, 15) is 9.59 Å². The Bertz CT molecular complexity index is 944. The summed E-state index contributed by atoms with van der Waals surface area (Å²) in [4.78, 5) is 27.7. The van der Waals surface area contributed by atoms with Gasteiger partial charge in [-0.05, 0) is 62.1 Å². The van der Waals surface area contributed by atoms with Gasteiger partial charge in [-0.15, -0.1) is 0 Å². The zero-order valence-corrected chi connectivity index (χ0v) is 16.4. The molecule has 2 aliphatic heterocycles. The number of benzene rings is 2. The maximum absolute atomic E-state index is 13.1. The highest BCUT2D eigenvalue weighted by Gasteiger charge is 2.23. The molecule has 0 radical (unpaired) electrons. The third kappa shape index (κ3) is 4.42. The fourth-order valence-corrected chi connectivity index (χ4v) is 3.49. The Morgan fingerprint density at radius 1 is 0.966 bits per heavy atom. The van der Waals surface area contributed by atoms with Crippen LogP contribution in [0, 0.1) is 6.92 Å². The lowest BCUT2D eigenvalue weighted by atomic mass is 10.1. The van der Waals surface area contributed by atoms with Gasteiger partial charge < -0.3 is 19.7 Å². The van der Waals surface area contributed by atoms with Gasteiger partial charge in [0.1, 0.15) is 5.70 Å². The Morgan fingerprint density at radius 3 is 2.45 bits per heavy atom. The van der Waals surface area contributed by atoms with Crippen molar-refractivity contribution in [1.82, 2.24) is 10.2 Å². The largest absolute Gasteiger partial charge is 0.454 e. The topological polar surface area (TPSA) is 67.9 Å². The van der Waals surface area contributed by atoms with Crippen LogP contribution in [0.4, 0.5) is 0 Å². The molecule has 0 aromatic heterocycles. The molecule has 1 N–H and O–H groups in total. The van der Waals surface area contributed by atoms with E-state index >= 15 is 0 Å². The second-order valence-electron chi connectivity index (χ2n) is 7.34. The predicted molar refractivity (Wildman–Crippen MR) is 110 cm³/mol. The molecule has 4 rings (SSSR count). The van der Waals surface area contributed by atoms with Crippen LogP contribution in [-0.4, -0.2) is 36.6 Å². The van der Waals surface area contributed by atoms with Crippen LogP contribution in [0.25, 0.3) is 6.08 Å². The maximum Gasteiger partial charge on any atom is 0.270 e. The lowest BCUT2D eigenvalue weighted by molar-refractivity contribution is -0.128. The summed E-state index contributed by atoms with van der Waals surface area (Å²) in [6.45, 7) is 3.56. The summed E-state index contributed by atoms with van der Waals surface area (Å²) in [6.07, 6.45) is 4.79. The van der Waals surface area contributed by atoms with Crippen molar-refractivity contribution in [3.63, 3.8) is 0 Å². The molecular formula is C23H24N2O4. The molecule has 0 saturated carbocycles. The smallest absolute Gasteiger partial charge is 0.270 e. The minimum atomic E-state index is -0.303. The van der Waals surface area contributed by atoms with E-state index in [2.05, 4.69) is 5.32 Å². The van der Waals surface area contributed by atoms with Crippen LogP contribution < -0.4 is 14.8 Å². The van der Waals surface area contributed by atoms with Gasteiger partial charge in [0.15, 0.2) is 11.5 Å². The number of amides is 2. The van der Waals surface area contributed by atoms with Gasteiger partial charge in [-0.3, -0.25) is 9.59 Å². The fraction of sp³-hybridized carbons (Fsp3) is 0.304. The van der Waals surface area contributed by atoms with E-state index in [1.54, 1.807) is 29.2 Å². The normalized spacial score (nSPS) is 15.9. The van der Waals surface area contributed by atoms with Crippen molar-refractivity contribution in [2.45, 2.75) is 26.2 Å². The fourth-order valence-electron chi connectivity index (χ4n) is 3.49. The summed E-state index contributed by atoms with van der Waals surface area (Å²) in [5.41, 5.74) is 2.61. The number of piperidine rings is 1. The number of fused-ring (bicyclic) bond motifs is 1. The molecule has 0 bridgehead atoms. The predicted octanol–water partition coefficient (Wildman–Crippen LogP) is 3.51. The first-order valence-electron chi connectivity index (χ1n) is 9.89. The van der Waals surface area contributed by atoms with Crippen molar-refractivity contribution in [1.29, 1.82) is 0 Å². The molecular weight excluding hydrogens is 368 g/mol. The first-order valence-corrected chi connectivity index (χ1v) is 9.89. The van der Waals surface area contributed by atoms with Gasteiger partial charge in [0.05, 0.1) is 0 Å².